The minimum atomic E-state index is -3.51. The fraction of sp³-hybridized carbons (Fsp3) is 0.300. The maximum atomic E-state index is 11.5. The van der Waals surface area contributed by atoms with Gasteiger partial charge in [-0.1, -0.05) is 0 Å². The molecule has 0 radical (unpaired) electrons. The van der Waals surface area contributed by atoms with Crippen LogP contribution in [0.5, 0.6) is 0 Å². The molecular weight excluding hydrogens is 256 g/mol. The first-order valence-electron chi connectivity index (χ1n) is 5.18. The molecule has 0 aliphatic carbocycles. The van der Waals surface area contributed by atoms with Crippen molar-refractivity contribution in [2.24, 2.45) is 0 Å². The number of hydrogen-bond acceptors (Lipinski definition) is 5. The first-order valence-corrected chi connectivity index (χ1v) is 6.66. The van der Waals surface area contributed by atoms with Gasteiger partial charge in [0.2, 0.25) is 15.9 Å². The number of likely N-dealkylation sites (N-methyl/N-ethyl adjacent to an activating group) is 1. The number of nitrogen functional groups attached to an aromatic ring is 1. The van der Waals surface area contributed by atoms with Gasteiger partial charge in [0.15, 0.2) is 0 Å². The minimum Gasteiger partial charge on any atom is -0.397 e. The molecule has 0 fully saturated rings. The van der Waals surface area contributed by atoms with Crippen molar-refractivity contribution in [1.82, 2.24) is 10.0 Å². The lowest BCUT2D eigenvalue weighted by molar-refractivity contribution is -0.118. The van der Waals surface area contributed by atoms with E-state index in [1.54, 1.807) is 0 Å². The normalized spacial score (nSPS) is 11.0. The van der Waals surface area contributed by atoms with E-state index in [0.717, 1.165) is 0 Å². The summed E-state index contributed by atoms with van der Waals surface area (Å²) >= 11 is 0. The van der Waals surface area contributed by atoms with Crippen LogP contribution in [0.25, 0.3) is 0 Å². The van der Waals surface area contributed by atoms with Crippen molar-refractivity contribution in [1.29, 1.82) is 0 Å². The number of nitrogens with one attached hydrogen (secondary N) is 3. The van der Waals surface area contributed by atoms with E-state index < -0.39 is 10.0 Å². The van der Waals surface area contributed by atoms with Crippen molar-refractivity contribution in [2.45, 2.75) is 4.90 Å². The number of rotatable bonds is 5. The molecule has 0 aliphatic heterocycles. The Morgan fingerprint density at radius 1 is 1.33 bits per heavy atom. The van der Waals surface area contributed by atoms with E-state index in [1.807, 2.05) is 0 Å². The van der Waals surface area contributed by atoms with Gasteiger partial charge in [-0.3, -0.25) is 4.79 Å². The molecule has 100 valence electrons. The second kappa shape index (κ2) is 5.69. The number of sulfonamides is 1. The van der Waals surface area contributed by atoms with Crippen LogP contribution in [0.15, 0.2) is 23.1 Å². The largest absolute Gasteiger partial charge is 0.397 e. The van der Waals surface area contributed by atoms with E-state index in [0.29, 0.717) is 5.69 Å². The molecule has 0 aromatic heterocycles. The molecule has 0 aliphatic rings. The van der Waals surface area contributed by atoms with E-state index in [4.69, 9.17) is 5.73 Å². The van der Waals surface area contributed by atoms with Crippen LogP contribution in [-0.4, -0.2) is 35.0 Å². The van der Waals surface area contributed by atoms with Crippen molar-refractivity contribution in [2.75, 3.05) is 31.7 Å². The summed E-state index contributed by atoms with van der Waals surface area (Å²) in [6.45, 7) is 0.0683. The fourth-order valence-electron chi connectivity index (χ4n) is 1.25. The van der Waals surface area contributed by atoms with Gasteiger partial charge in [0.05, 0.1) is 22.8 Å². The lowest BCUT2D eigenvalue weighted by Gasteiger charge is -2.10. The summed E-state index contributed by atoms with van der Waals surface area (Å²) in [6, 6.07) is 4.26. The lowest BCUT2D eigenvalue weighted by atomic mass is 10.2. The van der Waals surface area contributed by atoms with E-state index >= 15 is 0 Å². The standard InChI is InChI=1S/C10H16N4O3S/c1-12-10(15)6-14-9-4-3-7(5-8(9)11)18(16,17)13-2/h3-5,13-14H,6,11H2,1-2H3,(H,12,15). The fourth-order valence-corrected chi connectivity index (χ4v) is 2.02. The van der Waals surface area contributed by atoms with Gasteiger partial charge in [-0.05, 0) is 25.2 Å². The molecule has 0 unspecified atom stereocenters. The van der Waals surface area contributed by atoms with Crippen LogP contribution < -0.4 is 21.1 Å². The Morgan fingerprint density at radius 2 is 2.00 bits per heavy atom. The monoisotopic (exact) mass is 272 g/mol. The van der Waals surface area contributed by atoms with Gasteiger partial charge in [-0.25, -0.2) is 13.1 Å². The molecule has 18 heavy (non-hydrogen) atoms. The minimum absolute atomic E-state index is 0.0683. The maximum Gasteiger partial charge on any atom is 0.240 e. The predicted molar refractivity (Wildman–Crippen MR) is 69.7 cm³/mol. The van der Waals surface area contributed by atoms with Gasteiger partial charge in [0.25, 0.3) is 0 Å². The van der Waals surface area contributed by atoms with Crippen LogP contribution in [0.4, 0.5) is 11.4 Å². The zero-order valence-corrected chi connectivity index (χ0v) is 11.0. The van der Waals surface area contributed by atoms with Crippen LogP contribution in [0.2, 0.25) is 0 Å². The summed E-state index contributed by atoms with van der Waals surface area (Å²) in [5, 5.41) is 5.26. The highest BCUT2D eigenvalue weighted by atomic mass is 32.2. The predicted octanol–water partition coefficient (Wildman–Crippen LogP) is -0.665. The number of amides is 1. The molecule has 1 aromatic carbocycles. The molecule has 0 saturated heterocycles. The first kappa shape index (κ1) is 14.3. The molecule has 0 heterocycles. The molecule has 8 heteroatoms. The van der Waals surface area contributed by atoms with Crippen LogP contribution in [0.1, 0.15) is 0 Å². The summed E-state index contributed by atoms with van der Waals surface area (Å²) in [5.74, 6) is -0.193. The Balaban J connectivity index is 2.90. The van der Waals surface area contributed by atoms with Crippen molar-refractivity contribution >= 4 is 27.3 Å². The smallest absolute Gasteiger partial charge is 0.240 e. The highest BCUT2D eigenvalue weighted by molar-refractivity contribution is 7.89. The summed E-state index contributed by atoms with van der Waals surface area (Å²) in [4.78, 5) is 11.1. The Hall–Kier alpha value is -1.80. The zero-order valence-electron chi connectivity index (χ0n) is 10.1. The highest BCUT2D eigenvalue weighted by Crippen LogP contribution is 2.22. The maximum absolute atomic E-state index is 11.5. The Labute approximate surface area is 106 Å². The third-order valence-electron chi connectivity index (χ3n) is 2.32. The van der Waals surface area contributed by atoms with Gasteiger partial charge >= 0.3 is 0 Å². The molecule has 7 nitrogen and oxygen atoms in total. The average Bonchev–Trinajstić information content (AvgIpc) is 2.36. The third-order valence-corrected chi connectivity index (χ3v) is 3.73. The summed E-state index contributed by atoms with van der Waals surface area (Å²) in [6.07, 6.45) is 0. The van der Waals surface area contributed by atoms with Crippen molar-refractivity contribution in [3.05, 3.63) is 18.2 Å². The number of hydrogen-bond donors (Lipinski definition) is 4. The number of anilines is 2. The lowest BCUT2D eigenvalue weighted by Crippen LogP contribution is -2.26. The van der Waals surface area contributed by atoms with Crippen LogP contribution >= 0.6 is 0 Å². The van der Waals surface area contributed by atoms with Crippen LogP contribution in [-0.2, 0) is 14.8 Å². The summed E-state index contributed by atoms with van der Waals surface area (Å²) in [7, 11) is -0.664. The number of benzene rings is 1. The van der Waals surface area contributed by atoms with Gasteiger partial charge in [-0.2, -0.15) is 0 Å². The second-order valence-electron chi connectivity index (χ2n) is 3.48. The van der Waals surface area contributed by atoms with E-state index in [2.05, 4.69) is 15.4 Å². The van der Waals surface area contributed by atoms with Crippen LogP contribution in [0, 0.1) is 0 Å². The Bertz CT molecular complexity index is 542. The zero-order chi connectivity index (χ0) is 13.8. The third kappa shape index (κ3) is 3.34. The van der Waals surface area contributed by atoms with Crippen molar-refractivity contribution in [3.8, 4) is 0 Å². The number of nitrogens with two attached hydrogens (primary N) is 1. The van der Waals surface area contributed by atoms with Gasteiger partial charge in [-0.15, -0.1) is 0 Å². The van der Waals surface area contributed by atoms with E-state index in [-0.39, 0.29) is 23.0 Å². The first-order chi connectivity index (χ1) is 8.40. The molecule has 1 amide bonds. The summed E-state index contributed by atoms with van der Waals surface area (Å²) in [5.41, 5.74) is 6.48. The molecule has 1 rings (SSSR count). The Kier molecular flexibility index (Phi) is 4.51. The molecule has 0 bridgehead atoms. The van der Waals surface area contributed by atoms with Crippen molar-refractivity contribution in [3.63, 3.8) is 0 Å². The second-order valence-corrected chi connectivity index (χ2v) is 5.37. The molecule has 0 spiro atoms. The molecule has 5 N–H and O–H groups in total. The molecule has 0 atom stereocenters. The topological polar surface area (TPSA) is 113 Å². The summed E-state index contributed by atoms with van der Waals surface area (Å²) < 4.78 is 25.2. The average molecular weight is 272 g/mol. The quantitative estimate of drug-likeness (QED) is 0.531. The van der Waals surface area contributed by atoms with E-state index in [9.17, 15) is 13.2 Å². The Morgan fingerprint density at radius 3 is 2.50 bits per heavy atom. The van der Waals surface area contributed by atoms with Gasteiger partial charge in [0.1, 0.15) is 0 Å². The molecule has 0 saturated carbocycles. The number of carbonyl (C=O) groups excluding carboxylic acids is 1. The molecule has 1 aromatic rings. The number of carbonyl (C=O) groups is 1. The van der Waals surface area contributed by atoms with Crippen molar-refractivity contribution < 1.29 is 13.2 Å². The highest BCUT2D eigenvalue weighted by Gasteiger charge is 2.12. The molecular formula is C10H16N4O3S. The van der Waals surface area contributed by atoms with Crippen LogP contribution in [0.3, 0.4) is 0 Å². The van der Waals surface area contributed by atoms with E-state index in [1.165, 1.54) is 32.3 Å². The van der Waals surface area contributed by atoms with Gasteiger partial charge in [0, 0.05) is 7.05 Å². The SMILES string of the molecule is CNC(=O)CNc1ccc(S(=O)(=O)NC)cc1N. The van der Waals surface area contributed by atoms with Gasteiger partial charge < -0.3 is 16.4 Å².